The number of aromatic nitrogens is 1. The first-order chi connectivity index (χ1) is 16.5. The topological polar surface area (TPSA) is 93.1 Å². The molecule has 0 saturated carbocycles. The summed E-state index contributed by atoms with van der Waals surface area (Å²) in [4.78, 5) is 42.3. The minimum absolute atomic E-state index is 0.0160. The SMILES string of the molecule is C[C@@H](C(=O)N[C@H]1CCO[C@H]2CC[C@H](C(=O)n3ccc4ccccc43)N2C1)N(C)C(=O)OC(C)(C)C. The predicted molar refractivity (Wildman–Crippen MR) is 132 cm³/mol. The third kappa shape index (κ3) is 5.51. The quantitative estimate of drug-likeness (QED) is 0.716. The summed E-state index contributed by atoms with van der Waals surface area (Å²) in [7, 11) is 1.56. The zero-order valence-electron chi connectivity index (χ0n) is 21.2. The van der Waals surface area contributed by atoms with E-state index in [0.29, 0.717) is 26.0 Å². The number of amides is 2. The molecular weight excluding hydrogens is 448 g/mol. The number of hydrogen-bond acceptors (Lipinski definition) is 6. The van der Waals surface area contributed by atoms with Crippen LogP contribution in [-0.4, -0.2) is 82.4 Å². The number of benzene rings is 1. The Balaban J connectivity index is 1.43. The fourth-order valence-electron chi connectivity index (χ4n) is 4.76. The number of fused-ring (bicyclic) bond motifs is 2. The molecule has 2 amide bonds. The summed E-state index contributed by atoms with van der Waals surface area (Å²) in [6.07, 6.45) is 3.24. The Morgan fingerprint density at radius 1 is 1.14 bits per heavy atom. The average molecular weight is 485 g/mol. The molecule has 9 nitrogen and oxygen atoms in total. The molecule has 9 heteroatoms. The van der Waals surface area contributed by atoms with Crippen LogP contribution in [-0.2, 0) is 14.3 Å². The first-order valence-electron chi connectivity index (χ1n) is 12.3. The molecule has 190 valence electrons. The predicted octanol–water partition coefficient (Wildman–Crippen LogP) is 3.23. The Kier molecular flexibility index (Phi) is 7.19. The number of rotatable bonds is 4. The van der Waals surface area contributed by atoms with E-state index in [9.17, 15) is 14.4 Å². The molecule has 1 aromatic carbocycles. The van der Waals surface area contributed by atoms with Crippen molar-refractivity contribution in [3.05, 3.63) is 36.5 Å². The Labute approximate surface area is 206 Å². The van der Waals surface area contributed by atoms with Gasteiger partial charge in [0.05, 0.1) is 18.2 Å². The molecule has 0 spiro atoms. The van der Waals surface area contributed by atoms with Crippen LogP contribution in [0, 0.1) is 0 Å². The number of carbonyl (C=O) groups excluding carboxylic acids is 3. The van der Waals surface area contributed by atoms with Gasteiger partial charge in [0, 0.05) is 31.2 Å². The zero-order valence-corrected chi connectivity index (χ0v) is 21.2. The van der Waals surface area contributed by atoms with E-state index in [0.717, 1.165) is 17.3 Å². The molecule has 35 heavy (non-hydrogen) atoms. The maximum Gasteiger partial charge on any atom is 0.410 e. The van der Waals surface area contributed by atoms with Gasteiger partial charge in [-0.3, -0.25) is 24.0 Å². The summed E-state index contributed by atoms with van der Waals surface area (Å²) in [6, 6.07) is 8.56. The van der Waals surface area contributed by atoms with Crippen molar-refractivity contribution in [1.29, 1.82) is 0 Å². The molecule has 0 aliphatic carbocycles. The standard InChI is InChI=1S/C26H36N4O5/c1-17(28(5)25(33)35-26(2,3)4)23(31)27-19-13-15-34-22-11-10-21(30(22)16-19)24(32)29-14-12-18-8-6-7-9-20(18)29/h6-9,12,14,17,19,21-22H,10-11,13,15-16H2,1-5H3,(H,27,31)/t17-,19-,21+,22-/m0/s1. The molecule has 4 atom stereocenters. The monoisotopic (exact) mass is 484 g/mol. The van der Waals surface area contributed by atoms with E-state index in [1.165, 1.54) is 4.90 Å². The van der Waals surface area contributed by atoms with Crippen molar-refractivity contribution in [2.24, 2.45) is 0 Å². The van der Waals surface area contributed by atoms with E-state index in [1.54, 1.807) is 39.3 Å². The number of nitrogens with one attached hydrogen (secondary N) is 1. The highest BCUT2D eigenvalue weighted by Crippen LogP contribution is 2.30. The van der Waals surface area contributed by atoms with Gasteiger partial charge < -0.3 is 14.8 Å². The maximum absolute atomic E-state index is 13.5. The van der Waals surface area contributed by atoms with Gasteiger partial charge in [-0.2, -0.15) is 0 Å². The Morgan fingerprint density at radius 3 is 2.63 bits per heavy atom. The van der Waals surface area contributed by atoms with Crippen molar-refractivity contribution in [2.75, 3.05) is 20.2 Å². The molecule has 2 saturated heterocycles. The number of carbonyl (C=O) groups is 3. The number of para-hydroxylation sites is 1. The van der Waals surface area contributed by atoms with Crippen LogP contribution in [0.5, 0.6) is 0 Å². The molecule has 1 N–H and O–H groups in total. The van der Waals surface area contributed by atoms with Crippen molar-refractivity contribution < 1.29 is 23.9 Å². The number of hydrogen-bond donors (Lipinski definition) is 1. The molecule has 2 aliphatic heterocycles. The third-order valence-electron chi connectivity index (χ3n) is 6.78. The van der Waals surface area contributed by atoms with Crippen molar-refractivity contribution in [3.8, 4) is 0 Å². The van der Waals surface area contributed by atoms with Crippen molar-refractivity contribution in [2.45, 2.75) is 76.9 Å². The normalized spacial score (nSPS) is 23.9. The van der Waals surface area contributed by atoms with Gasteiger partial charge in [-0.25, -0.2) is 4.79 Å². The summed E-state index contributed by atoms with van der Waals surface area (Å²) >= 11 is 0. The van der Waals surface area contributed by atoms with Gasteiger partial charge in [-0.1, -0.05) is 18.2 Å². The van der Waals surface area contributed by atoms with E-state index in [1.807, 2.05) is 36.5 Å². The smallest absolute Gasteiger partial charge is 0.410 e. The van der Waals surface area contributed by atoms with Crippen LogP contribution >= 0.6 is 0 Å². The Hall–Kier alpha value is -2.91. The second kappa shape index (κ2) is 9.99. The van der Waals surface area contributed by atoms with E-state index in [-0.39, 0.29) is 30.1 Å². The van der Waals surface area contributed by atoms with Gasteiger partial charge in [0.25, 0.3) is 0 Å². The van der Waals surface area contributed by atoms with Gasteiger partial charge in [-0.05, 0) is 59.1 Å². The minimum atomic E-state index is -0.702. The van der Waals surface area contributed by atoms with Crippen LogP contribution in [0.25, 0.3) is 10.9 Å². The van der Waals surface area contributed by atoms with E-state index in [4.69, 9.17) is 9.47 Å². The van der Waals surface area contributed by atoms with Crippen LogP contribution < -0.4 is 5.32 Å². The molecule has 2 fully saturated rings. The third-order valence-corrected chi connectivity index (χ3v) is 6.78. The van der Waals surface area contributed by atoms with E-state index < -0.39 is 17.7 Å². The van der Waals surface area contributed by atoms with E-state index >= 15 is 0 Å². The summed E-state index contributed by atoms with van der Waals surface area (Å²) < 4.78 is 13.2. The molecule has 1 aromatic heterocycles. The Bertz CT molecular complexity index is 1090. The lowest BCUT2D eigenvalue weighted by molar-refractivity contribution is -0.126. The number of likely N-dealkylation sites (N-methyl/N-ethyl adjacent to an activating group) is 1. The molecular formula is C26H36N4O5. The van der Waals surface area contributed by atoms with E-state index in [2.05, 4.69) is 10.2 Å². The second-order valence-corrected chi connectivity index (χ2v) is 10.5. The largest absolute Gasteiger partial charge is 0.444 e. The molecule has 0 unspecified atom stereocenters. The minimum Gasteiger partial charge on any atom is -0.444 e. The summed E-state index contributed by atoms with van der Waals surface area (Å²) in [5.74, 6) is -0.248. The van der Waals surface area contributed by atoms with Crippen LogP contribution in [0.2, 0.25) is 0 Å². The van der Waals surface area contributed by atoms with Crippen LogP contribution in [0.4, 0.5) is 4.79 Å². The van der Waals surface area contributed by atoms with Crippen molar-refractivity contribution >= 4 is 28.8 Å². The van der Waals surface area contributed by atoms with Crippen LogP contribution in [0.3, 0.4) is 0 Å². The van der Waals surface area contributed by atoms with Crippen LogP contribution in [0.15, 0.2) is 36.5 Å². The zero-order chi connectivity index (χ0) is 25.3. The second-order valence-electron chi connectivity index (χ2n) is 10.5. The van der Waals surface area contributed by atoms with Gasteiger partial charge in [0.15, 0.2) is 0 Å². The molecule has 0 radical (unpaired) electrons. The fraction of sp³-hybridized carbons (Fsp3) is 0.577. The first-order valence-corrected chi connectivity index (χ1v) is 12.3. The highest BCUT2D eigenvalue weighted by atomic mass is 16.6. The van der Waals surface area contributed by atoms with Gasteiger partial charge in [0.2, 0.25) is 11.8 Å². The van der Waals surface area contributed by atoms with Gasteiger partial charge in [0.1, 0.15) is 17.9 Å². The fourth-order valence-corrected chi connectivity index (χ4v) is 4.76. The lowest BCUT2D eigenvalue weighted by Crippen LogP contribution is -2.53. The lowest BCUT2D eigenvalue weighted by Gasteiger charge is -2.31. The van der Waals surface area contributed by atoms with Gasteiger partial charge >= 0.3 is 6.09 Å². The molecule has 4 rings (SSSR count). The van der Waals surface area contributed by atoms with Crippen molar-refractivity contribution in [3.63, 3.8) is 0 Å². The molecule has 2 aliphatic rings. The molecule has 0 bridgehead atoms. The molecule has 2 aromatic rings. The highest BCUT2D eigenvalue weighted by molar-refractivity contribution is 5.95. The van der Waals surface area contributed by atoms with Crippen molar-refractivity contribution in [1.82, 2.24) is 19.7 Å². The van der Waals surface area contributed by atoms with Crippen LogP contribution in [0.1, 0.15) is 51.8 Å². The summed E-state index contributed by atoms with van der Waals surface area (Å²) in [6.45, 7) is 8.04. The number of nitrogens with zero attached hydrogens (tertiary/aromatic N) is 3. The average Bonchev–Trinajstić information content (AvgIpc) is 3.35. The van der Waals surface area contributed by atoms with Gasteiger partial charge in [-0.15, -0.1) is 0 Å². The lowest BCUT2D eigenvalue weighted by atomic mass is 10.1. The maximum atomic E-state index is 13.5. The number of ether oxygens (including phenoxy) is 2. The summed E-state index contributed by atoms with van der Waals surface area (Å²) in [5, 5.41) is 4.09. The highest BCUT2D eigenvalue weighted by Gasteiger charge is 2.42. The first kappa shape index (κ1) is 25.2. The summed E-state index contributed by atoms with van der Waals surface area (Å²) in [5.41, 5.74) is 0.248. The molecule has 3 heterocycles. The Morgan fingerprint density at radius 2 is 1.89 bits per heavy atom.